The predicted octanol–water partition coefficient (Wildman–Crippen LogP) is 2.83. The summed E-state index contributed by atoms with van der Waals surface area (Å²) in [7, 11) is 3.04. The molecule has 0 bridgehead atoms. The maximum Gasteiger partial charge on any atom is 0.274 e. The van der Waals surface area contributed by atoms with Gasteiger partial charge in [0, 0.05) is 50.2 Å². The van der Waals surface area contributed by atoms with Crippen molar-refractivity contribution in [2.45, 2.75) is 31.9 Å². The van der Waals surface area contributed by atoms with Gasteiger partial charge in [0.25, 0.3) is 11.5 Å². The van der Waals surface area contributed by atoms with Crippen molar-refractivity contribution in [2.24, 2.45) is 0 Å². The van der Waals surface area contributed by atoms with E-state index < -0.39 is 29.3 Å². The normalized spacial score (nSPS) is 16.2. The first-order valence-corrected chi connectivity index (χ1v) is 12.1. The summed E-state index contributed by atoms with van der Waals surface area (Å²) in [6, 6.07) is 12.6. The number of hydrogen-bond acceptors (Lipinski definition) is 6. The van der Waals surface area contributed by atoms with Gasteiger partial charge in [-0.3, -0.25) is 14.4 Å². The molecule has 1 aliphatic rings. The van der Waals surface area contributed by atoms with Gasteiger partial charge in [-0.05, 0) is 47.9 Å². The number of carbonyl (C=O) groups excluding carboxylic acids is 2. The highest BCUT2D eigenvalue weighted by atomic mass is 19.1. The number of hydrogen-bond donors (Lipinski definition) is 2. The van der Waals surface area contributed by atoms with Crippen molar-refractivity contribution in [1.29, 1.82) is 0 Å². The molecule has 0 fully saturated rings. The van der Waals surface area contributed by atoms with Crippen molar-refractivity contribution < 1.29 is 23.8 Å². The van der Waals surface area contributed by atoms with Crippen LogP contribution >= 0.6 is 0 Å². The van der Waals surface area contributed by atoms with Crippen LogP contribution in [0.15, 0.2) is 71.3 Å². The molecule has 2 unspecified atom stereocenters. The number of methoxy groups -OCH3 is 1. The lowest BCUT2D eigenvalue weighted by Gasteiger charge is -2.28. The smallest absolute Gasteiger partial charge is 0.274 e. The first kappa shape index (κ1) is 26.9. The summed E-state index contributed by atoms with van der Waals surface area (Å²) in [5.41, 5.74) is 2.81. The number of amides is 2. The molecule has 3 aromatic rings. The summed E-state index contributed by atoms with van der Waals surface area (Å²) in [5.74, 6) is -1.50. The SMILES string of the molecule is COCC(O)Cn1nccc(-c2ccc(C)c(NC(=O)C3=CN(C)C(=O)CC3c3ccc(F)cc3)c2)c1=O. The monoisotopic (exact) mass is 520 g/mol. The van der Waals surface area contributed by atoms with E-state index in [1.165, 1.54) is 41.2 Å². The first-order chi connectivity index (χ1) is 18.2. The van der Waals surface area contributed by atoms with E-state index in [1.54, 1.807) is 43.4 Å². The Labute approximate surface area is 219 Å². The highest BCUT2D eigenvalue weighted by Gasteiger charge is 2.31. The third-order valence-corrected chi connectivity index (χ3v) is 6.47. The second-order valence-electron chi connectivity index (χ2n) is 9.22. The van der Waals surface area contributed by atoms with Crippen molar-refractivity contribution >= 4 is 17.5 Å². The van der Waals surface area contributed by atoms with Crippen LogP contribution < -0.4 is 10.9 Å². The molecule has 2 aromatic carbocycles. The highest BCUT2D eigenvalue weighted by Crippen LogP contribution is 2.34. The Morgan fingerprint density at radius 2 is 1.95 bits per heavy atom. The summed E-state index contributed by atoms with van der Waals surface area (Å²) in [6.45, 7) is 1.86. The van der Waals surface area contributed by atoms with E-state index in [9.17, 15) is 23.9 Å². The zero-order valence-corrected chi connectivity index (χ0v) is 21.3. The van der Waals surface area contributed by atoms with Gasteiger partial charge in [0.1, 0.15) is 5.82 Å². The van der Waals surface area contributed by atoms with Gasteiger partial charge in [-0.25, -0.2) is 9.07 Å². The fraction of sp³-hybridized carbons (Fsp3) is 0.286. The number of aryl methyl sites for hydroxylation is 1. The zero-order chi connectivity index (χ0) is 27.4. The molecule has 2 N–H and O–H groups in total. The fourth-order valence-corrected chi connectivity index (χ4v) is 4.37. The largest absolute Gasteiger partial charge is 0.389 e. The van der Waals surface area contributed by atoms with Crippen LogP contribution in [0.2, 0.25) is 0 Å². The van der Waals surface area contributed by atoms with Gasteiger partial charge >= 0.3 is 0 Å². The van der Waals surface area contributed by atoms with Crippen molar-refractivity contribution in [3.63, 3.8) is 0 Å². The number of benzene rings is 2. The van der Waals surface area contributed by atoms with Gasteiger partial charge in [-0.1, -0.05) is 24.3 Å². The quantitative estimate of drug-likeness (QED) is 0.472. The minimum atomic E-state index is -0.892. The maximum atomic E-state index is 13.5. The molecule has 0 radical (unpaired) electrons. The van der Waals surface area contributed by atoms with Gasteiger partial charge in [-0.15, -0.1) is 0 Å². The Kier molecular flexibility index (Phi) is 8.13. The Morgan fingerprint density at radius 3 is 2.66 bits per heavy atom. The summed E-state index contributed by atoms with van der Waals surface area (Å²) >= 11 is 0. The third-order valence-electron chi connectivity index (χ3n) is 6.47. The average molecular weight is 521 g/mol. The Bertz CT molecular complexity index is 1430. The number of aliphatic hydroxyl groups is 1. The predicted molar refractivity (Wildman–Crippen MR) is 140 cm³/mol. The van der Waals surface area contributed by atoms with Crippen LogP contribution in [0.1, 0.15) is 23.5 Å². The summed E-state index contributed by atoms with van der Waals surface area (Å²) in [6.07, 6.45) is 2.16. The number of aromatic nitrogens is 2. The molecule has 9 nitrogen and oxygen atoms in total. The summed E-state index contributed by atoms with van der Waals surface area (Å²) < 4.78 is 19.6. The molecular formula is C28H29FN4O5. The molecule has 0 saturated carbocycles. The van der Waals surface area contributed by atoms with Crippen LogP contribution in [-0.2, 0) is 20.9 Å². The standard InChI is InChI=1S/C28H29FN4O5/c1-17-4-5-19(22-10-11-30-33(28(22)37)14-21(34)16-38-3)12-25(17)31-27(36)24-15-32(2)26(35)13-23(24)18-6-8-20(29)9-7-18/h4-12,15,21,23,34H,13-14,16H2,1-3H3,(H,31,36). The fourth-order valence-electron chi connectivity index (χ4n) is 4.37. The van der Waals surface area contributed by atoms with Gasteiger partial charge in [0.05, 0.1) is 24.8 Å². The van der Waals surface area contributed by atoms with Crippen molar-refractivity contribution in [2.75, 3.05) is 26.1 Å². The van der Waals surface area contributed by atoms with Gasteiger partial charge in [0.2, 0.25) is 5.91 Å². The van der Waals surface area contributed by atoms with Crippen molar-refractivity contribution in [1.82, 2.24) is 14.7 Å². The molecule has 10 heteroatoms. The number of nitrogens with one attached hydrogen (secondary N) is 1. The van der Waals surface area contributed by atoms with Crippen molar-refractivity contribution in [3.8, 4) is 11.1 Å². The van der Waals surface area contributed by atoms with E-state index in [-0.39, 0.29) is 25.5 Å². The number of carbonyl (C=O) groups is 2. The summed E-state index contributed by atoms with van der Waals surface area (Å²) in [4.78, 5) is 40.3. The van der Waals surface area contributed by atoms with Crippen LogP contribution in [0.5, 0.6) is 0 Å². The second kappa shape index (κ2) is 11.5. The topological polar surface area (TPSA) is 114 Å². The van der Waals surface area contributed by atoms with Gasteiger partial charge in [-0.2, -0.15) is 5.10 Å². The van der Waals surface area contributed by atoms with Crippen molar-refractivity contribution in [3.05, 3.63) is 93.8 Å². The number of rotatable bonds is 8. The molecular weight excluding hydrogens is 491 g/mol. The lowest BCUT2D eigenvalue weighted by molar-refractivity contribution is -0.128. The molecule has 4 rings (SSSR count). The Balaban J connectivity index is 1.63. The number of aliphatic hydroxyl groups excluding tert-OH is 1. The molecule has 2 amide bonds. The number of anilines is 1. The molecule has 1 aliphatic heterocycles. The number of halogens is 1. The van der Waals surface area contributed by atoms with Crippen LogP contribution in [0.3, 0.4) is 0 Å². The third kappa shape index (κ3) is 5.87. The average Bonchev–Trinajstić information content (AvgIpc) is 2.88. The van der Waals surface area contributed by atoms with Crippen LogP contribution in [0, 0.1) is 12.7 Å². The second-order valence-corrected chi connectivity index (χ2v) is 9.22. The Morgan fingerprint density at radius 1 is 1.21 bits per heavy atom. The maximum absolute atomic E-state index is 13.5. The minimum Gasteiger partial charge on any atom is -0.389 e. The van der Waals surface area contributed by atoms with Crippen LogP contribution in [-0.4, -0.2) is 58.5 Å². The van der Waals surface area contributed by atoms with Gasteiger partial charge < -0.3 is 20.1 Å². The van der Waals surface area contributed by atoms with E-state index in [2.05, 4.69) is 10.4 Å². The molecule has 2 heterocycles. The molecule has 198 valence electrons. The molecule has 0 saturated heterocycles. The van der Waals surface area contributed by atoms with Crippen LogP contribution in [0.4, 0.5) is 10.1 Å². The number of ether oxygens (including phenoxy) is 1. The van der Waals surface area contributed by atoms with E-state index in [0.717, 1.165) is 5.56 Å². The molecule has 1 aromatic heterocycles. The summed E-state index contributed by atoms with van der Waals surface area (Å²) in [5, 5.41) is 17.0. The Hall–Kier alpha value is -4.15. The number of nitrogens with zero attached hydrogens (tertiary/aromatic N) is 3. The lowest BCUT2D eigenvalue weighted by atomic mass is 9.85. The minimum absolute atomic E-state index is 0.0267. The zero-order valence-electron chi connectivity index (χ0n) is 21.3. The first-order valence-electron chi connectivity index (χ1n) is 12.1. The van der Waals surface area contributed by atoms with E-state index in [0.29, 0.717) is 28.0 Å². The van der Waals surface area contributed by atoms with Crippen LogP contribution in [0.25, 0.3) is 11.1 Å². The van der Waals surface area contributed by atoms with E-state index in [4.69, 9.17) is 4.74 Å². The molecule has 38 heavy (non-hydrogen) atoms. The molecule has 0 spiro atoms. The van der Waals surface area contributed by atoms with E-state index in [1.807, 2.05) is 6.92 Å². The lowest BCUT2D eigenvalue weighted by Crippen LogP contribution is -2.33. The highest BCUT2D eigenvalue weighted by molar-refractivity contribution is 6.07. The van der Waals surface area contributed by atoms with Gasteiger partial charge in [0.15, 0.2) is 0 Å². The molecule has 0 aliphatic carbocycles. The molecule has 2 atom stereocenters. The van der Waals surface area contributed by atoms with E-state index >= 15 is 0 Å².